The number of hydrogen-bond acceptors (Lipinski definition) is 4. The summed E-state index contributed by atoms with van der Waals surface area (Å²) in [5.74, 6) is -2.98. The van der Waals surface area contributed by atoms with E-state index >= 15 is 0 Å². The van der Waals surface area contributed by atoms with Crippen molar-refractivity contribution in [2.24, 2.45) is 0 Å². The lowest BCUT2D eigenvalue weighted by Crippen LogP contribution is -2.57. The van der Waals surface area contributed by atoms with E-state index in [4.69, 9.17) is 27.9 Å². The minimum Gasteiger partial charge on any atom is -0.478 e. The van der Waals surface area contributed by atoms with E-state index in [0.29, 0.717) is 57.2 Å². The number of piperidine rings is 1. The highest BCUT2D eigenvalue weighted by atomic mass is 35.5. The van der Waals surface area contributed by atoms with Crippen molar-refractivity contribution in [3.05, 3.63) is 92.7 Å². The van der Waals surface area contributed by atoms with Crippen LogP contribution in [0.4, 0.5) is 10.1 Å². The van der Waals surface area contributed by atoms with Gasteiger partial charge in [0.2, 0.25) is 17.4 Å². The molecule has 3 aromatic carbocycles. The zero-order valence-corrected chi connectivity index (χ0v) is 22.9. The van der Waals surface area contributed by atoms with E-state index in [2.05, 4.69) is 10.6 Å². The number of amides is 2. The number of hydrogen-bond donors (Lipinski definition) is 3. The predicted molar refractivity (Wildman–Crippen MR) is 147 cm³/mol. The smallest absolute Gasteiger partial charge is 0.348 e. The van der Waals surface area contributed by atoms with Gasteiger partial charge in [0, 0.05) is 33.6 Å². The van der Waals surface area contributed by atoms with Crippen LogP contribution in [-0.2, 0) is 19.8 Å². The Hall–Kier alpha value is -3.62. The number of anilines is 1. The van der Waals surface area contributed by atoms with Crippen molar-refractivity contribution < 1.29 is 28.6 Å². The van der Waals surface area contributed by atoms with Gasteiger partial charge < -0.3 is 20.5 Å². The summed E-state index contributed by atoms with van der Waals surface area (Å²) in [5, 5.41) is 16.6. The van der Waals surface area contributed by atoms with E-state index < -0.39 is 40.7 Å². The van der Waals surface area contributed by atoms with Gasteiger partial charge in [0.05, 0.1) is 6.04 Å². The van der Waals surface area contributed by atoms with Crippen LogP contribution in [-0.4, -0.2) is 28.5 Å². The number of aliphatic carboxylic acids is 1. The molecule has 2 fully saturated rings. The molecular formula is C30H25Cl2FN2O5. The highest BCUT2D eigenvalue weighted by molar-refractivity contribution is 6.31. The molecule has 1 spiro atoms. The van der Waals surface area contributed by atoms with Crippen LogP contribution in [0.15, 0.2) is 54.6 Å². The van der Waals surface area contributed by atoms with Crippen molar-refractivity contribution in [1.82, 2.24) is 5.32 Å². The van der Waals surface area contributed by atoms with E-state index in [0.717, 1.165) is 0 Å². The lowest BCUT2D eigenvalue weighted by Gasteiger charge is -2.47. The van der Waals surface area contributed by atoms with Crippen LogP contribution in [0.3, 0.4) is 0 Å². The van der Waals surface area contributed by atoms with Gasteiger partial charge in [-0.3, -0.25) is 9.59 Å². The Morgan fingerprint density at radius 2 is 1.75 bits per heavy atom. The maximum atomic E-state index is 14.6. The molecule has 40 heavy (non-hydrogen) atoms. The Morgan fingerprint density at radius 1 is 1.02 bits per heavy atom. The summed E-state index contributed by atoms with van der Waals surface area (Å²) in [6.45, 7) is 1.79. The van der Waals surface area contributed by atoms with Crippen molar-refractivity contribution in [2.45, 2.75) is 55.6 Å². The third-order valence-corrected chi connectivity index (χ3v) is 8.98. The van der Waals surface area contributed by atoms with Gasteiger partial charge in [0.1, 0.15) is 17.0 Å². The van der Waals surface area contributed by atoms with E-state index in [1.807, 2.05) is 0 Å². The Labute approximate surface area is 239 Å². The zero-order valence-electron chi connectivity index (χ0n) is 21.4. The van der Waals surface area contributed by atoms with E-state index in [9.17, 15) is 23.9 Å². The van der Waals surface area contributed by atoms with Gasteiger partial charge in [-0.1, -0.05) is 35.3 Å². The standard InChI is InChI=1S/C30H25Cl2FN2O5/c1-15-3-6-18(33)13-19(15)26-30(21-7-4-17(32)12-23(21)34-27(30)37)22(14-25(36)35-26)20-11-16(31)5-8-24(20)40-29(28(38)39)9-2-10-29/h3-8,11-13,22,26H,2,9-10,14H2,1H3,(H,34,37)(H,35,36)(H,38,39). The Bertz CT molecular complexity index is 1590. The third kappa shape index (κ3) is 3.96. The first-order valence-electron chi connectivity index (χ1n) is 12.9. The Morgan fingerprint density at radius 3 is 2.45 bits per heavy atom. The average molecular weight is 583 g/mol. The van der Waals surface area contributed by atoms with Crippen LogP contribution >= 0.6 is 23.2 Å². The largest absolute Gasteiger partial charge is 0.478 e. The summed E-state index contributed by atoms with van der Waals surface area (Å²) in [4.78, 5) is 39.8. The molecule has 0 bridgehead atoms. The number of carbonyl (C=O) groups excluding carboxylic acids is 2. The number of fused-ring (bicyclic) bond motifs is 2. The van der Waals surface area contributed by atoms with Gasteiger partial charge in [-0.25, -0.2) is 9.18 Å². The van der Waals surface area contributed by atoms with Crippen LogP contribution in [0.5, 0.6) is 5.75 Å². The molecule has 3 unspecified atom stereocenters. The van der Waals surface area contributed by atoms with Crippen molar-refractivity contribution in [3.8, 4) is 5.75 Å². The molecule has 2 aliphatic heterocycles. The Kier molecular flexibility index (Phi) is 6.31. The zero-order chi connectivity index (χ0) is 28.4. The highest BCUT2D eigenvalue weighted by Gasteiger charge is 2.62. The normalized spacial score (nSPS) is 24.6. The second kappa shape index (κ2) is 9.49. The number of benzene rings is 3. The molecule has 3 aliphatic rings. The molecule has 6 rings (SSSR count). The second-order valence-corrected chi connectivity index (χ2v) is 11.6. The molecule has 3 aromatic rings. The maximum absolute atomic E-state index is 14.6. The molecule has 10 heteroatoms. The molecule has 0 aromatic heterocycles. The van der Waals surface area contributed by atoms with Gasteiger partial charge in [-0.15, -0.1) is 0 Å². The number of halogens is 3. The molecule has 1 saturated carbocycles. The van der Waals surface area contributed by atoms with Crippen molar-refractivity contribution in [1.29, 1.82) is 0 Å². The van der Waals surface area contributed by atoms with E-state index in [1.54, 1.807) is 49.4 Å². The average Bonchev–Trinajstić information content (AvgIpc) is 3.15. The quantitative estimate of drug-likeness (QED) is 0.339. The van der Waals surface area contributed by atoms with E-state index in [1.165, 1.54) is 12.1 Å². The summed E-state index contributed by atoms with van der Waals surface area (Å²) in [7, 11) is 0. The highest BCUT2D eigenvalue weighted by Crippen LogP contribution is 2.59. The predicted octanol–water partition coefficient (Wildman–Crippen LogP) is 6.06. The first-order chi connectivity index (χ1) is 19.0. The molecule has 0 radical (unpaired) electrons. The minimum atomic E-state index is -1.47. The first kappa shape index (κ1) is 26.6. The van der Waals surface area contributed by atoms with Gasteiger partial charge >= 0.3 is 5.97 Å². The second-order valence-electron chi connectivity index (χ2n) is 10.7. The number of carboxylic acid groups (broad SMARTS) is 1. The van der Waals surface area contributed by atoms with Crippen LogP contribution in [0, 0.1) is 12.7 Å². The van der Waals surface area contributed by atoms with Crippen molar-refractivity contribution >= 4 is 46.7 Å². The number of nitrogens with one attached hydrogen (secondary N) is 2. The molecule has 7 nitrogen and oxygen atoms in total. The minimum absolute atomic E-state index is 0.128. The Balaban J connectivity index is 1.62. The summed E-state index contributed by atoms with van der Waals surface area (Å²) in [5.41, 5.74) is -0.275. The number of ether oxygens (including phenoxy) is 1. The molecule has 206 valence electrons. The number of carboxylic acids is 1. The number of carbonyl (C=O) groups is 3. The van der Waals surface area contributed by atoms with Gasteiger partial charge in [0.15, 0.2) is 0 Å². The fourth-order valence-electron chi connectivity index (χ4n) is 6.40. The topological polar surface area (TPSA) is 105 Å². The van der Waals surface area contributed by atoms with Gasteiger partial charge in [-0.05, 0) is 85.3 Å². The monoisotopic (exact) mass is 582 g/mol. The summed E-state index contributed by atoms with van der Waals surface area (Å²) in [6.07, 6.45) is 1.22. The van der Waals surface area contributed by atoms with E-state index in [-0.39, 0.29) is 18.1 Å². The molecule has 1 aliphatic carbocycles. The molecule has 1 saturated heterocycles. The van der Waals surface area contributed by atoms with Crippen molar-refractivity contribution in [3.63, 3.8) is 0 Å². The summed E-state index contributed by atoms with van der Waals surface area (Å²) >= 11 is 12.7. The SMILES string of the molecule is Cc1ccc(F)cc1C1NC(=O)CC(c2cc(Cl)ccc2OC2(C(=O)O)CCC2)C12C(=O)Nc1cc(Cl)ccc12. The first-order valence-corrected chi connectivity index (χ1v) is 13.7. The molecule has 3 atom stereocenters. The van der Waals surface area contributed by atoms with Crippen LogP contribution < -0.4 is 15.4 Å². The molecule has 3 N–H and O–H groups in total. The van der Waals surface area contributed by atoms with Gasteiger partial charge in [0.25, 0.3) is 0 Å². The summed E-state index contributed by atoms with van der Waals surface area (Å²) < 4.78 is 20.8. The van der Waals surface area contributed by atoms with Crippen LogP contribution in [0.1, 0.15) is 59.9 Å². The third-order valence-electron chi connectivity index (χ3n) is 8.51. The fraction of sp³-hybridized carbons (Fsp3) is 0.300. The molecular weight excluding hydrogens is 558 g/mol. The maximum Gasteiger partial charge on any atom is 0.348 e. The van der Waals surface area contributed by atoms with Crippen LogP contribution in [0.25, 0.3) is 0 Å². The number of rotatable bonds is 5. The van der Waals surface area contributed by atoms with Crippen LogP contribution in [0.2, 0.25) is 10.0 Å². The lowest BCUT2D eigenvalue weighted by molar-refractivity contribution is -0.163. The van der Waals surface area contributed by atoms with Crippen molar-refractivity contribution in [2.75, 3.05) is 5.32 Å². The molecule has 2 heterocycles. The summed E-state index contributed by atoms with van der Waals surface area (Å²) in [6, 6.07) is 13.1. The number of aryl methyl sites for hydroxylation is 1. The fourth-order valence-corrected chi connectivity index (χ4v) is 6.75. The lowest BCUT2D eigenvalue weighted by atomic mass is 9.59. The molecule has 2 amide bonds. The van der Waals surface area contributed by atoms with Gasteiger partial charge in [-0.2, -0.15) is 0 Å².